The molecule has 0 aromatic carbocycles. The lowest BCUT2D eigenvalue weighted by Gasteiger charge is -2.23. The Balaban J connectivity index is 2.19. The first-order valence-electron chi connectivity index (χ1n) is 3.13. The Morgan fingerprint density at radius 2 is 2.10 bits per heavy atom. The summed E-state index contributed by atoms with van der Waals surface area (Å²) in [6.45, 7) is 2.74. The molecule has 1 rings (SSSR count). The Hall–Kier alpha value is 0.0300. The molecule has 0 radical (unpaired) electrons. The van der Waals surface area contributed by atoms with Gasteiger partial charge in [0.05, 0.1) is 13.2 Å². The van der Waals surface area contributed by atoms with Gasteiger partial charge in [-0.05, 0) is 0 Å². The minimum Gasteiger partial charge on any atom is -0.379 e. The summed E-state index contributed by atoms with van der Waals surface area (Å²) in [6.07, 6.45) is 1.51. The van der Waals surface area contributed by atoms with E-state index in [4.69, 9.17) is 9.02 Å². The second-order valence-corrected chi connectivity index (χ2v) is 2.97. The van der Waals surface area contributed by atoms with Crippen molar-refractivity contribution >= 4 is 11.1 Å². The second-order valence-electron chi connectivity index (χ2n) is 2.02. The van der Waals surface area contributed by atoms with Gasteiger partial charge < -0.3 is 4.74 Å². The van der Waals surface area contributed by atoms with Crippen molar-refractivity contribution < 1.29 is 13.2 Å². The van der Waals surface area contributed by atoms with Gasteiger partial charge in [-0.3, -0.25) is 0 Å². The van der Waals surface area contributed by atoms with Crippen molar-refractivity contribution in [2.24, 2.45) is 0 Å². The van der Waals surface area contributed by atoms with Crippen LogP contribution in [-0.4, -0.2) is 41.8 Å². The Morgan fingerprint density at radius 1 is 1.50 bits per heavy atom. The summed E-state index contributed by atoms with van der Waals surface area (Å²) in [7, 11) is 0. The number of morpholine rings is 1. The lowest BCUT2D eigenvalue weighted by molar-refractivity contribution is -0.109. The fraction of sp³-hybridized carbons (Fsp3) is 1.00. The monoisotopic (exact) mass is 165 g/mol. The Bertz CT molecular complexity index is 124. The Kier molecular flexibility index (Phi) is 3.27. The fourth-order valence-electron chi connectivity index (χ4n) is 0.770. The van der Waals surface area contributed by atoms with Crippen molar-refractivity contribution in [3.05, 3.63) is 0 Å². The predicted molar refractivity (Wildman–Crippen MR) is 37.5 cm³/mol. The molecule has 1 aliphatic rings. The summed E-state index contributed by atoms with van der Waals surface area (Å²) in [5.41, 5.74) is 0. The van der Waals surface area contributed by atoms with Crippen LogP contribution in [0.3, 0.4) is 0 Å². The molecular formula is C5H11NO3S. The van der Waals surface area contributed by atoms with Crippen molar-refractivity contribution in [3.63, 3.8) is 0 Å². The molecule has 1 unspecified atom stereocenters. The third kappa shape index (κ3) is 2.74. The van der Waals surface area contributed by atoms with Crippen molar-refractivity contribution in [1.82, 2.24) is 5.06 Å². The van der Waals surface area contributed by atoms with E-state index in [1.54, 1.807) is 5.06 Å². The number of hydrogen-bond donors (Lipinski definition) is 0. The van der Waals surface area contributed by atoms with E-state index in [2.05, 4.69) is 0 Å². The standard InChI is InChI=1S/C5H11NO3S/c1-10(7)9-6-2-4-8-5-3-6/h2-5H2,1H3. The van der Waals surface area contributed by atoms with Gasteiger partial charge in [-0.15, -0.1) is 0 Å². The molecular weight excluding hydrogens is 154 g/mol. The van der Waals surface area contributed by atoms with Crippen molar-refractivity contribution in [1.29, 1.82) is 0 Å². The number of hydroxylamine groups is 2. The van der Waals surface area contributed by atoms with Crippen LogP contribution in [0.25, 0.3) is 0 Å². The fourth-order valence-corrected chi connectivity index (χ4v) is 1.22. The molecule has 1 fully saturated rings. The molecule has 0 amide bonds. The van der Waals surface area contributed by atoms with Crippen LogP contribution < -0.4 is 0 Å². The van der Waals surface area contributed by atoms with Gasteiger partial charge in [0, 0.05) is 19.3 Å². The topological polar surface area (TPSA) is 38.8 Å². The summed E-state index contributed by atoms with van der Waals surface area (Å²) in [4.78, 5) is 0. The van der Waals surface area contributed by atoms with E-state index in [-0.39, 0.29) is 0 Å². The highest BCUT2D eigenvalue weighted by atomic mass is 32.2. The summed E-state index contributed by atoms with van der Waals surface area (Å²) < 4.78 is 20.5. The molecule has 0 aromatic rings. The molecule has 0 spiro atoms. The third-order valence-corrected chi connectivity index (χ3v) is 1.60. The van der Waals surface area contributed by atoms with E-state index in [1.807, 2.05) is 0 Å². The molecule has 0 aromatic heterocycles. The maximum atomic E-state index is 10.5. The van der Waals surface area contributed by atoms with Gasteiger partial charge in [0.2, 0.25) is 0 Å². The Labute approximate surface area is 62.7 Å². The van der Waals surface area contributed by atoms with Crippen LogP contribution in [0.4, 0.5) is 0 Å². The van der Waals surface area contributed by atoms with E-state index in [9.17, 15) is 4.21 Å². The summed E-state index contributed by atoms with van der Waals surface area (Å²) in [5.74, 6) is 0. The van der Waals surface area contributed by atoms with Crippen LogP contribution in [0.5, 0.6) is 0 Å². The van der Waals surface area contributed by atoms with Crippen LogP contribution in [0, 0.1) is 0 Å². The molecule has 0 aliphatic carbocycles. The van der Waals surface area contributed by atoms with Gasteiger partial charge >= 0.3 is 0 Å². The smallest absolute Gasteiger partial charge is 0.170 e. The maximum Gasteiger partial charge on any atom is 0.170 e. The van der Waals surface area contributed by atoms with E-state index in [0.717, 1.165) is 0 Å². The number of hydrogen-bond acceptors (Lipinski definition) is 4. The summed E-state index contributed by atoms with van der Waals surface area (Å²) >= 11 is -1.19. The number of rotatable bonds is 2. The molecule has 4 nitrogen and oxygen atoms in total. The molecule has 1 atom stereocenters. The van der Waals surface area contributed by atoms with Gasteiger partial charge in [-0.25, -0.2) is 4.21 Å². The predicted octanol–water partition coefficient (Wildman–Crippen LogP) is -0.456. The minimum atomic E-state index is -1.19. The Morgan fingerprint density at radius 3 is 2.60 bits per heavy atom. The molecule has 5 heteroatoms. The van der Waals surface area contributed by atoms with Crippen LogP contribution in [-0.2, 0) is 20.1 Å². The van der Waals surface area contributed by atoms with E-state index < -0.39 is 11.1 Å². The zero-order valence-corrected chi connectivity index (χ0v) is 6.73. The molecule has 0 bridgehead atoms. The van der Waals surface area contributed by atoms with Crippen molar-refractivity contribution in [3.8, 4) is 0 Å². The zero-order valence-electron chi connectivity index (χ0n) is 5.91. The van der Waals surface area contributed by atoms with Gasteiger partial charge in [0.1, 0.15) is 0 Å². The highest BCUT2D eigenvalue weighted by Gasteiger charge is 2.11. The first kappa shape index (κ1) is 8.13. The third-order valence-electron chi connectivity index (χ3n) is 1.18. The zero-order chi connectivity index (χ0) is 7.40. The molecule has 0 saturated carbocycles. The minimum absolute atomic E-state index is 0.664. The molecule has 1 saturated heterocycles. The lowest BCUT2D eigenvalue weighted by Crippen LogP contribution is -2.36. The van der Waals surface area contributed by atoms with Crippen molar-refractivity contribution in [2.45, 2.75) is 0 Å². The van der Waals surface area contributed by atoms with Gasteiger partial charge in [-0.1, -0.05) is 0 Å². The van der Waals surface area contributed by atoms with Crippen molar-refractivity contribution in [2.75, 3.05) is 32.6 Å². The van der Waals surface area contributed by atoms with E-state index in [0.29, 0.717) is 26.3 Å². The lowest BCUT2D eigenvalue weighted by atomic mass is 10.5. The quantitative estimate of drug-likeness (QED) is 0.555. The van der Waals surface area contributed by atoms with Gasteiger partial charge in [0.15, 0.2) is 11.1 Å². The van der Waals surface area contributed by atoms with E-state index in [1.165, 1.54) is 6.26 Å². The molecule has 1 heterocycles. The average Bonchev–Trinajstić information content (AvgIpc) is 1.88. The molecule has 0 N–H and O–H groups in total. The normalized spacial score (nSPS) is 24.5. The SMILES string of the molecule is CS(=O)ON1CCOCC1. The van der Waals surface area contributed by atoms with Crippen LogP contribution in [0.2, 0.25) is 0 Å². The first-order chi connectivity index (χ1) is 4.79. The number of ether oxygens (including phenoxy) is 1. The summed E-state index contributed by atoms with van der Waals surface area (Å²) in [6, 6.07) is 0. The molecule has 1 aliphatic heterocycles. The first-order valence-corrected chi connectivity index (χ1v) is 4.62. The highest BCUT2D eigenvalue weighted by Crippen LogP contribution is 1.98. The molecule has 60 valence electrons. The van der Waals surface area contributed by atoms with Gasteiger partial charge in [-0.2, -0.15) is 9.35 Å². The summed E-state index contributed by atoms with van der Waals surface area (Å²) in [5, 5.41) is 1.67. The highest BCUT2D eigenvalue weighted by molar-refractivity contribution is 7.79. The van der Waals surface area contributed by atoms with Gasteiger partial charge in [0.25, 0.3) is 0 Å². The van der Waals surface area contributed by atoms with Crippen LogP contribution in [0.1, 0.15) is 0 Å². The largest absolute Gasteiger partial charge is 0.379 e. The van der Waals surface area contributed by atoms with Crippen LogP contribution in [0.15, 0.2) is 0 Å². The number of nitrogens with zero attached hydrogens (tertiary/aromatic N) is 1. The van der Waals surface area contributed by atoms with E-state index >= 15 is 0 Å². The second kappa shape index (κ2) is 4.02. The van der Waals surface area contributed by atoms with Crippen LogP contribution >= 0.6 is 0 Å². The maximum absolute atomic E-state index is 10.5. The average molecular weight is 165 g/mol. The molecule has 10 heavy (non-hydrogen) atoms.